The molecule has 5 nitrogen and oxygen atoms in total. The Morgan fingerprint density at radius 1 is 1.33 bits per heavy atom. The first-order valence-corrected chi connectivity index (χ1v) is 6.81. The summed E-state index contributed by atoms with van der Waals surface area (Å²) in [6.07, 6.45) is 0. The van der Waals surface area contributed by atoms with Gasteiger partial charge in [-0.05, 0) is 29.8 Å². The molecular weight excluding hydrogens is 343 g/mol. The van der Waals surface area contributed by atoms with Crippen LogP contribution in [0.3, 0.4) is 0 Å². The Hall–Kier alpha value is -2.15. The van der Waals surface area contributed by atoms with Crippen molar-refractivity contribution in [2.45, 2.75) is 6.54 Å². The number of nitrogens with one attached hydrogen (secondary N) is 1. The van der Waals surface area contributed by atoms with Crippen molar-refractivity contribution in [3.8, 4) is 5.75 Å². The summed E-state index contributed by atoms with van der Waals surface area (Å²) in [7, 11) is 1.48. The maximum absolute atomic E-state index is 13.2. The topological polar surface area (TPSA) is 64.4 Å². The van der Waals surface area contributed by atoms with E-state index >= 15 is 0 Å². The lowest BCUT2D eigenvalue weighted by Gasteiger charge is -2.10. The first kappa shape index (κ1) is 15.2. The van der Waals surface area contributed by atoms with Gasteiger partial charge >= 0.3 is 0 Å². The molecule has 0 aliphatic rings. The fourth-order valence-corrected chi connectivity index (χ4v) is 2.20. The Kier molecular flexibility index (Phi) is 4.74. The number of nitro benzene ring substituents is 1. The van der Waals surface area contributed by atoms with Gasteiger partial charge in [-0.15, -0.1) is 0 Å². The van der Waals surface area contributed by atoms with Gasteiger partial charge in [0.1, 0.15) is 17.3 Å². The first-order chi connectivity index (χ1) is 10.0. The molecule has 0 fully saturated rings. The maximum atomic E-state index is 13.2. The molecule has 0 aliphatic carbocycles. The van der Waals surface area contributed by atoms with Crippen LogP contribution >= 0.6 is 15.9 Å². The molecular formula is C14H12BrFN2O3. The summed E-state index contributed by atoms with van der Waals surface area (Å²) < 4.78 is 19.0. The number of rotatable bonds is 5. The van der Waals surface area contributed by atoms with E-state index in [1.807, 2.05) is 0 Å². The molecule has 0 saturated heterocycles. The highest BCUT2D eigenvalue weighted by molar-refractivity contribution is 9.10. The zero-order valence-corrected chi connectivity index (χ0v) is 12.7. The molecule has 7 heteroatoms. The van der Waals surface area contributed by atoms with E-state index in [-0.39, 0.29) is 18.0 Å². The monoisotopic (exact) mass is 354 g/mol. The third-order valence-corrected chi connectivity index (χ3v) is 3.65. The molecule has 0 heterocycles. The number of ether oxygens (including phenoxy) is 1. The number of nitro groups is 1. The number of nitrogens with zero attached hydrogens (tertiary/aromatic N) is 1. The Balaban J connectivity index is 2.26. The molecule has 0 bridgehead atoms. The quantitative estimate of drug-likeness (QED) is 0.647. The average molecular weight is 355 g/mol. The minimum absolute atomic E-state index is 0.0664. The molecule has 0 spiro atoms. The van der Waals surface area contributed by atoms with Crippen molar-refractivity contribution in [2.24, 2.45) is 0 Å². The summed E-state index contributed by atoms with van der Waals surface area (Å²) in [6, 6.07) is 8.70. The summed E-state index contributed by atoms with van der Waals surface area (Å²) >= 11 is 3.31. The minimum Gasteiger partial charge on any atom is -0.497 e. The normalized spacial score (nSPS) is 10.2. The van der Waals surface area contributed by atoms with Crippen LogP contribution in [0.1, 0.15) is 5.56 Å². The van der Waals surface area contributed by atoms with Crippen LogP contribution < -0.4 is 10.1 Å². The van der Waals surface area contributed by atoms with E-state index in [4.69, 9.17) is 4.74 Å². The van der Waals surface area contributed by atoms with Crippen LogP contribution in [-0.4, -0.2) is 12.0 Å². The molecule has 110 valence electrons. The fraction of sp³-hybridized carbons (Fsp3) is 0.143. The predicted molar refractivity (Wildman–Crippen MR) is 81.1 cm³/mol. The van der Waals surface area contributed by atoms with Gasteiger partial charge in [0.05, 0.1) is 12.0 Å². The van der Waals surface area contributed by atoms with Crippen molar-refractivity contribution in [2.75, 3.05) is 12.4 Å². The Morgan fingerprint density at radius 2 is 2.10 bits per heavy atom. The fourth-order valence-electron chi connectivity index (χ4n) is 1.81. The third kappa shape index (κ3) is 3.69. The van der Waals surface area contributed by atoms with Crippen LogP contribution in [0.4, 0.5) is 15.8 Å². The zero-order chi connectivity index (χ0) is 15.4. The lowest BCUT2D eigenvalue weighted by Crippen LogP contribution is -2.04. The number of halogens is 2. The highest BCUT2D eigenvalue weighted by atomic mass is 79.9. The second kappa shape index (κ2) is 6.53. The summed E-state index contributed by atoms with van der Waals surface area (Å²) in [4.78, 5) is 10.5. The van der Waals surface area contributed by atoms with Gasteiger partial charge in [0.2, 0.25) is 0 Å². The van der Waals surface area contributed by atoms with E-state index in [0.717, 1.165) is 4.47 Å². The summed E-state index contributed by atoms with van der Waals surface area (Å²) in [5.74, 6) is 0.136. The molecule has 2 aromatic rings. The molecule has 0 amide bonds. The van der Waals surface area contributed by atoms with Gasteiger partial charge in [0.15, 0.2) is 0 Å². The van der Waals surface area contributed by atoms with Crippen LogP contribution in [0.2, 0.25) is 0 Å². The number of anilines is 1. The van der Waals surface area contributed by atoms with Gasteiger partial charge in [-0.2, -0.15) is 0 Å². The number of hydrogen-bond acceptors (Lipinski definition) is 4. The van der Waals surface area contributed by atoms with Gasteiger partial charge in [-0.3, -0.25) is 10.1 Å². The second-order valence-corrected chi connectivity index (χ2v) is 5.08. The van der Waals surface area contributed by atoms with Crippen molar-refractivity contribution >= 4 is 27.3 Å². The minimum atomic E-state index is -0.484. The van der Waals surface area contributed by atoms with Crippen LogP contribution in [-0.2, 0) is 6.54 Å². The van der Waals surface area contributed by atoms with Crippen LogP contribution in [0.5, 0.6) is 5.75 Å². The van der Waals surface area contributed by atoms with E-state index in [2.05, 4.69) is 21.2 Å². The molecule has 0 atom stereocenters. The second-order valence-electron chi connectivity index (χ2n) is 4.23. The lowest BCUT2D eigenvalue weighted by atomic mass is 10.2. The van der Waals surface area contributed by atoms with E-state index in [0.29, 0.717) is 17.0 Å². The Bertz CT molecular complexity index is 679. The summed E-state index contributed by atoms with van der Waals surface area (Å²) in [5, 5.41) is 13.9. The Labute approximate surface area is 129 Å². The SMILES string of the molecule is COc1ccc([N+](=O)[O-])c(NCc2cc(F)ccc2Br)c1. The maximum Gasteiger partial charge on any atom is 0.292 e. The van der Waals surface area contributed by atoms with Gasteiger partial charge in [0, 0.05) is 23.2 Å². The molecule has 21 heavy (non-hydrogen) atoms. The van der Waals surface area contributed by atoms with E-state index in [1.54, 1.807) is 6.07 Å². The molecule has 0 aliphatic heterocycles. The highest BCUT2D eigenvalue weighted by Crippen LogP contribution is 2.30. The van der Waals surface area contributed by atoms with E-state index in [9.17, 15) is 14.5 Å². The molecule has 2 rings (SSSR count). The van der Waals surface area contributed by atoms with Crippen molar-refractivity contribution in [3.63, 3.8) is 0 Å². The van der Waals surface area contributed by atoms with Crippen LogP contribution in [0.15, 0.2) is 40.9 Å². The van der Waals surface area contributed by atoms with Crippen molar-refractivity contribution < 1.29 is 14.1 Å². The van der Waals surface area contributed by atoms with Gasteiger partial charge in [0.25, 0.3) is 5.69 Å². The largest absolute Gasteiger partial charge is 0.497 e. The number of hydrogen-bond donors (Lipinski definition) is 1. The van der Waals surface area contributed by atoms with Crippen molar-refractivity contribution in [1.82, 2.24) is 0 Å². The van der Waals surface area contributed by atoms with Crippen LogP contribution in [0, 0.1) is 15.9 Å². The van der Waals surface area contributed by atoms with Crippen molar-refractivity contribution in [1.29, 1.82) is 0 Å². The highest BCUT2D eigenvalue weighted by Gasteiger charge is 2.14. The Morgan fingerprint density at radius 3 is 2.76 bits per heavy atom. The molecule has 2 aromatic carbocycles. The molecule has 0 radical (unpaired) electrons. The number of methoxy groups -OCH3 is 1. The number of benzene rings is 2. The van der Waals surface area contributed by atoms with Gasteiger partial charge < -0.3 is 10.1 Å². The molecule has 0 unspecified atom stereocenters. The first-order valence-electron chi connectivity index (χ1n) is 6.01. The van der Waals surface area contributed by atoms with Gasteiger partial charge in [-0.25, -0.2) is 4.39 Å². The van der Waals surface area contributed by atoms with Crippen LogP contribution in [0.25, 0.3) is 0 Å². The third-order valence-electron chi connectivity index (χ3n) is 2.88. The average Bonchev–Trinajstić information content (AvgIpc) is 2.47. The van der Waals surface area contributed by atoms with Gasteiger partial charge in [-0.1, -0.05) is 15.9 Å². The van der Waals surface area contributed by atoms with E-state index in [1.165, 1.54) is 37.4 Å². The molecule has 1 N–H and O–H groups in total. The molecule has 0 aromatic heterocycles. The smallest absolute Gasteiger partial charge is 0.292 e. The lowest BCUT2D eigenvalue weighted by molar-refractivity contribution is -0.384. The zero-order valence-electron chi connectivity index (χ0n) is 11.1. The summed E-state index contributed by atoms with van der Waals surface area (Å²) in [6.45, 7) is 0.242. The molecule has 0 saturated carbocycles. The standard InChI is InChI=1S/C14H12BrFN2O3/c1-21-11-3-5-14(18(19)20)13(7-11)17-8-9-6-10(16)2-4-12(9)15/h2-7,17H,8H2,1H3. The predicted octanol–water partition coefficient (Wildman–Crippen LogP) is 4.12. The summed E-state index contributed by atoms with van der Waals surface area (Å²) in [5.41, 5.74) is 0.908. The van der Waals surface area contributed by atoms with Crippen molar-refractivity contribution in [3.05, 3.63) is 62.4 Å². The van der Waals surface area contributed by atoms with E-state index < -0.39 is 4.92 Å².